The molecule has 5 heterocycles. The number of nitrogens with zero attached hydrogens (tertiary/aromatic N) is 7. The summed E-state index contributed by atoms with van der Waals surface area (Å²) in [6.45, 7) is 2.73. The summed E-state index contributed by atoms with van der Waals surface area (Å²) in [6, 6.07) is 18.7. The zero-order valence-corrected chi connectivity index (χ0v) is 22.2. The van der Waals surface area contributed by atoms with Gasteiger partial charge >= 0.3 is 5.69 Å². The molecule has 0 spiro atoms. The first-order valence-corrected chi connectivity index (χ1v) is 13.2. The van der Waals surface area contributed by atoms with Crippen LogP contribution >= 0.6 is 0 Å². The fourth-order valence-electron chi connectivity index (χ4n) is 5.11. The van der Waals surface area contributed by atoms with Crippen LogP contribution in [0.1, 0.15) is 11.4 Å². The Balaban J connectivity index is 1.37. The molecule has 204 valence electrons. The first-order valence-electron chi connectivity index (χ1n) is 13.2. The quantitative estimate of drug-likeness (QED) is 0.345. The van der Waals surface area contributed by atoms with Gasteiger partial charge in [-0.2, -0.15) is 5.10 Å². The molecule has 11 heteroatoms. The van der Waals surface area contributed by atoms with E-state index in [0.29, 0.717) is 35.8 Å². The summed E-state index contributed by atoms with van der Waals surface area (Å²) in [4.78, 5) is 26.4. The molecule has 41 heavy (non-hydrogen) atoms. The Bertz CT molecular complexity index is 2000. The topological polar surface area (TPSA) is 106 Å². The molecule has 0 atom stereocenters. The summed E-state index contributed by atoms with van der Waals surface area (Å²) < 4.78 is 23.9. The number of benzene rings is 2. The summed E-state index contributed by atoms with van der Waals surface area (Å²) in [5.74, 6) is -0.364. The molecule has 1 aliphatic heterocycles. The zero-order chi connectivity index (χ0) is 27.9. The standard InChI is InChI=1S/C30H25FN8O2/c1-37-30(40)35-28(36-37)22-10-7-20(18-23(22)31)27-25(11-9-21-8-6-19-4-2-3-5-24(19)33-21)34-29-26(12-13-32-39(27)29)38-14-16-41-17-15-38/h2-13,18H,14-17H2,1H3,(H,35,36,40)/b11-9+. The predicted molar refractivity (Wildman–Crippen MR) is 155 cm³/mol. The molecule has 4 aromatic heterocycles. The summed E-state index contributed by atoms with van der Waals surface area (Å²) >= 11 is 0. The van der Waals surface area contributed by atoms with E-state index >= 15 is 4.39 Å². The van der Waals surface area contributed by atoms with E-state index in [-0.39, 0.29) is 11.4 Å². The number of hydrogen-bond donors (Lipinski definition) is 1. The number of ether oxygens (including phenoxy) is 1. The number of hydrogen-bond acceptors (Lipinski definition) is 7. The summed E-state index contributed by atoms with van der Waals surface area (Å²) in [5, 5.41) is 9.77. The second-order valence-corrected chi connectivity index (χ2v) is 9.76. The maximum Gasteiger partial charge on any atom is 0.343 e. The van der Waals surface area contributed by atoms with Crippen LogP contribution in [0.3, 0.4) is 0 Å². The predicted octanol–water partition coefficient (Wildman–Crippen LogP) is 4.18. The molecule has 0 amide bonds. The third-order valence-corrected chi connectivity index (χ3v) is 7.18. The number of rotatable bonds is 5. The second kappa shape index (κ2) is 10.1. The maximum absolute atomic E-state index is 15.5. The number of aromatic amines is 1. The Hall–Kier alpha value is -5.16. The summed E-state index contributed by atoms with van der Waals surface area (Å²) in [6.07, 6.45) is 5.51. The molecule has 0 bridgehead atoms. The maximum atomic E-state index is 15.5. The number of nitrogens with one attached hydrogen (secondary N) is 1. The Morgan fingerprint density at radius 1 is 1.00 bits per heavy atom. The number of halogens is 1. The lowest BCUT2D eigenvalue weighted by Gasteiger charge is -2.28. The highest BCUT2D eigenvalue weighted by molar-refractivity contribution is 5.85. The van der Waals surface area contributed by atoms with Crippen LogP contribution in [0.5, 0.6) is 0 Å². The Morgan fingerprint density at radius 2 is 1.85 bits per heavy atom. The highest BCUT2D eigenvalue weighted by Gasteiger charge is 2.22. The van der Waals surface area contributed by atoms with Gasteiger partial charge in [-0.25, -0.2) is 28.4 Å². The number of aromatic nitrogens is 7. The average Bonchev–Trinajstić information content (AvgIpc) is 3.55. The molecule has 1 saturated heterocycles. The molecule has 0 aliphatic carbocycles. The van der Waals surface area contributed by atoms with Crippen molar-refractivity contribution in [1.29, 1.82) is 0 Å². The number of fused-ring (bicyclic) bond motifs is 2. The monoisotopic (exact) mass is 548 g/mol. The lowest BCUT2D eigenvalue weighted by molar-refractivity contribution is 0.123. The average molecular weight is 549 g/mol. The molecule has 7 rings (SSSR count). The van der Waals surface area contributed by atoms with E-state index in [9.17, 15) is 4.79 Å². The fraction of sp³-hybridized carbons (Fsp3) is 0.167. The smallest absolute Gasteiger partial charge is 0.343 e. The van der Waals surface area contributed by atoms with Gasteiger partial charge in [-0.1, -0.05) is 30.3 Å². The van der Waals surface area contributed by atoms with Gasteiger partial charge < -0.3 is 9.64 Å². The van der Waals surface area contributed by atoms with E-state index in [1.807, 2.05) is 54.6 Å². The molecule has 1 N–H and O–H groups in total. The molecule has 0 radical (unpaired) electrons. The molecule has 0 saturated carbocycles. The number of aryl methyl sites for hydroxylation is 1. The molecule has 1 fully saturated rings. The van der Waals surface area contributed by atoms with Crippen molar-refractivity contribution in [3.8, 4) is 22.6 Å². The zero-order valence-electron chi connectivity index (χ0n) is 22.2. The van der Waals surface area contributed by atoms with Crippen molar-refractivity contribution in [3.05, 3.63) is 94.5 Å². The van der Waals surface area contributed by atoms with E-state index in [1.54, 1.807) is 22.8 Å². The largest absolute Gasteiger partial charge is 0.378 e. The van der Waals surface area contributed by atoms with Gasteiger partial charge in [0, 0.05) is 31.1 Å². The SMILES string of the molecule is Cn1nc(-c2ccc(-c3c(/C=C/c4ccc5ccccc5n4)nc4c(N5CCOCC5)ccnn34)cc2F)[nH]c1=O. The van der Waals surface area contributed by atoms with Crippen molar-refractivity contribution in [2.24, 2.45) is 7.05 Å². The number of para-hydroxylation sites is 1. The third-order valence-electron chi connectivity index (χ3n) is 7.18. The van der Waals surface area contributed by atoms with Crippen molar-refractivity contribution in [2.75, 3.05) is 31.2 Å². The van der Waals surface area contributed by atoms with Crippen molar-refractivity contribution < 1.29 is 9.13 Å². The molecule has 0 unspecified atom stereocenters. The van der Waals surface area contributed by atoms with Crippen LogP contribution in [-0.2, 0) is 11.8 Å². The normalized spacial score (nSPS) is 14.0. The van der Waals surface area contributed by atoms with Gasteiger partial charge in [-0.05, 0) is 42.5 Å². The van der Waals surface area contributed by atoms with E-state index in [0.717, 1.165) is 40.1 Å². The highest BCUT2D eigenvalue weighted by Crippen LogP contribution is 2.33. The van der Waals surface area contributed by atoms with E-state index in [4.69, 9.17) is 14.7 Å². The number of H-pyrrole nitrogens is 1. The van der Waals surface area contributed by atoms with Crippen LogP contribution in [0.25, 0.3) is 51.3 Å². The fourth-order valence-corrected chi connectivity index (χ4v) is 5.11. The van der Waals surface area contributed by atoms with Gasteiger partial charge in [0.05, 0.1) is 47.6 Å². The molecule has 10 nitrogen and oxygen atoms in total. The van der Waals surface area contributed by atoms with Crippen molar-refractivity contribution in [1.82, 2.24) is 34.3 Å². The molecule has 1 aliphatic rings. The molecular formula is C30H25FN8O2. The van der Waals surface area contributed by atoms with E-state index in [1.165, 1.54) is 13.1 Å². The van der Waals surface area contributed by atoms with Crippen molar-refractivity contribution in [2.45, 2.75) is 0 Å². The Labute approximate surface area is 233 Å². The van der Waals surface area contributed by atoms with Gasteiger partial charge in [0.2, 0.25) is 0 Å². The third kappa shape index (κ3) is 4.55. The Kier molecular flexibility index (Phi) is 6.12. The van der Waals surface area contributed by atoms with Crippen LogP contribution in [0.15, 0.2) is 71.7 Å². The van der Waals surface area contributed by atoms with Crippen LogP contribution in [0.2, 0.25) is 0 Å². The lowest BCUT2D eigenvalue weighted by Crippen LogP contribution is -2.36. The molecular weight excluding hydrogens is 523 g/mol. The highest BCUT2D eigenvalue weighted by atomic mass is 19.1. The summed E-state index contributed by atoms with van der Waals surface area (Å²) in [7, 11) is 1.51. The van der Waals surface area contributed by atoms with Gasteiger partial charge in [0.15, 0.2) is 11.5 Å². The van der Waals surface area contributed by atoms with Gasteiger partial charge in [-0.15, -0.1) is 5.10 Å². The number of morpholine rings is 1. The summed E-state index contributed by atoms with van der Waals surface area (Å²) in [5.41, 5.74) is 4.86. The van der Waals surface area contributed by atoms with Crippen LogP contribution in [-0.4, -0.2) is 60.6 Å². The van der Waals surface area contributed by atoms with Crippen LogP contribution < -0.4 is 10.6 Å². The minimum Gasteiger partial charge on any atom is -0.378 e. The van der Waals surface area contributed by atoms with Crippen molar-refractivity contribution in [3.63, 3.8) is 0 Å². The number of imidazole rings is 1. The van der Waals surface area contributed by atoms with Crippen LogP contribution in [0.4, 0.5) is 10.1 Å². The van der Waals surface area contributed by atoms with E-state index in [2.05, 4.69) is 20.1 Å². The van der Waals surface area contributed by atoms with Gasteiger partial charge in [0.1, 0.15) is 11.5 Å². The second-order valence-electron chi connectivity index (χ2n) is 9.76. The first-order chi connectivity index (χ1) is 20.0. The minimum absolute atomic E-state index is 0.162. The molecule has 6 aromatic rings. The molecule has 2 aromatic carbocycles. The van der Waals surface area contributed by atoms with Crippen molar-refractivity contribution >= 4 is 34.4 Å². The lowest BCUT2D eigenvalue weighted by atomic mass is 10.1. The minimum atomic E-state index is -0.526. The first kappa shape index (κ1) is 24.9. The van der Waals surface area contributed by atoms with Gasteiger partial charge in [0.25, 0.3) is 0 Å². The number of anilines is 1. The number of pyridine rings is 1. The van der Waals surface area contributed by atoms with E-state index < -0.39 is 11.5 Å². The Morgan fingerprint density at radius 3 is 2.66 bits per heavy atom. The van der Waals surface area contributed by atoms with Gasteiger partial charge in [-0.3, -0.25) is 4.98 Å². The van der Waals surface area contributed by atoms with Crippen LogP contribution in [0, 0.1) is 5.82 Å².